The van der Waals surface area contributed by atoms with Gasteiger partial charge in [0.05, 0.1) is 25.4 Å². The minimum atomic E-state index is -0.850. The molecule has 3 N–H and O–H groups in total. The number of aliphatic hydroxyl groups excluding tert-OH is 2. The summed E-state index contributed by atoms with van der Waals surface area (Å²) in [6, 6.07) is -0.634. The van der Waals surface area contributed by atoms with Gasteiger partial charge in [-0.25, -0.2) is 0 Å². The average molecular weight is 987 g/mol. The SMILES string of the molecule is CCCCCCCCC/C=C\CCCCCCCCCC(=O)OCCCCCCCCCCCCCCCCCCC(=O)NC(CO)C(O)/C=C/CCCCCCCCCCCCCCCCCCC. The molecule has 0 aromatic heterocycles. The second kappa shape index (κ2) is 59.9. The van der Waals surface area contributed by atoms with E-state index >= 15 is 0 Å². The Hall–Kier alpha value is -1.66. The van der Waals surface area contributed by atoms with Gasteiger partial charge >= 0.3 is 5.97 Å². The molecule has 0 rings (SSSR count). The molecule has 0 saturated carbocycles. The molecule has 2 unspecified atom stereocenters. The van der Waals surface area contributed by atoms with E-state index in [1.54, 1.807) is 6.08 Å². The highest BCUT2D eigenvalue weighted by molar-refractivity contribution is 5.76. The van der Waals surface area contributed by atoms with Crippen LogP contribution in [0.5, 0.6) is 0 Å². The van der Waals surface area contributed by atoms with Crippen LogP contribution in [0.25, 0.3) is 0 Å². The molecule has 0 fully saturated rings. The van der Waals surface area contributed by atoms with E-state index < -0.39 is 12.1 Å². The number of carbonyl (C=O) groups is 2. The molecule has 6 nitrogen and oxygen atoms in total. The maximum absolute atomic E-state index is 12.5. The van der Waals surface area contributed by atoms with Gasteiger partial charge in [0.25, 0.3) is 0 Å². The highest BCUT2D eigenvalue weighted by atomic mass is 16.5. The molecule has 0 radical (unpaired) electrons. The van der Waals surface area contributed by atoms with E-state index in [-0.39, 0.29) is 18.5 Å². The zero-order chi connectivity index (χ0) is 50.7. The quantitative estimate of drug-likeness (QED) is 0.0321. The van der Waals surface area contributed by atoms with Crippen LogP contribution in [-0.4, -0.2) is 47.4 Å². The van der Waals surface area contributed by atoms with Crippen molar-refractivity contribution in [2.75, 3.05) is 13.2 Å². The first kappa shape index (κ1) is 68.3. The number of aliphatic hydroxyl groups is 2. The van der Waals surface area contributed by atoms with Crippen molar-refractivity contribution in [3.8, 4) is 0 Å². The third-order valence-corrected chi connectivity index (χ3v) is 14.7. The molecule has 0 aliphatic rings. The maximum atomic E-state index is 12.5. The van der Waals surface area contributed by atoms with Gasteiger partial charge < -0.3 is 20.3 Å². The molecule has 2 atom stereocenters. The van der Waals surface area contributed by atoms with Gasteiger partial charge in [0.15, 0.2) is 0 Å². The molecule has 0 aliphatic carbocycles. The van der Waals surface area contributed by atoms with Crippen molar-refractivity contribution in [3.63, 3.8) is 0 Å². The standard InChI is InChI=1S/C64H123NO5/c1-3-5-7-9-11-13-15-17-19-21-23-24-28-32-36-40-44-48-52-56-62(67)61(60-66)65-63(68)57-53-49-45-41-37-33-29-26-27-31-35-39-43-47-51-55-59-70-64(69)58-54-50-46-42-38-34-30-25-22-20-18-16-14-12-10-8-6-4-2/h20,22,52,56,61-62,66-67H,3-19,21,23-51,53-55,57-60H2,1-2H3,(H,65,68)/b22-20-,56-52+. The number of unbranched alkanes of at least 4 members (excludes halogenated alkanes) is 46. The maximum Gasteiger partial charge on any atom is 0.305 e. The van der Waals surface area contributed by atoms with Crippen LogP contribution in [0.3, 0.4) is 0 Å². The lowest BCUT2D eigenvalue weighted by atomic mass is 10.0. The second-order valence-electron chi connectivity index (χ2n) is 21.7. The lowest BCUT2D eigenvalue weighted by molar-refractivity contribution is -0.143. The first-order valence-corrected chi connectivity index (χ1v) is 31.6. The predicted octanol–water partition coefficient (Wildman–Crippen LogP) is 19.8. The third kappa shape index (κ3) is 55.7. The van der Waals surface area contributed by atoms with E-state index in [2.05, 4.69) is 31.3 Å². The van der Waals surface area contributed by atoms with Crippen molar-refractivity contribution in [1.82, 2.24) is 5.32 Å². The molecule has 0 bridgehead atoms. The molecule has 0 saturated heterocycles. The number of hydrogen-bond donors (Lipinski definition) is 3. The van der Waals surface area contributed by atoms with Gasteiger partial charge in [-0.1, -0.05) is 301 Å². The summed E-state index contributed by atoms with van der Waals surface area (Å²) in [4.78, 5) is 24.6. The highest BCUT2D eigenvalue weighted by Gasteiger charge is 2.18. The second-order valence-corrected chi connectivity index (χ2v) is 21.7. The van der Waals surface area contributed by atoms with Crippen LogP contribution >= 0.6 is 0 Å². The first-order valence-electron chi connectivity index (χ1n) is 31.6. The molecule has 0 spiro atoms. The summed E-state index contributed by atoms with van der Waals surface area (Å²) in [5.74, 6) is -0.0720. The van der Waals surface area contributed by atoms with Crippen molar-refractivity contribution < 1.29 is 24.5 Å². The Bertz CT molecular complexity index is 1090. The topological polar surface area (TPSA) is 95.9 Å². The van der Waals surface area contributed by atoms with E-state index in [1.165, 1.54) is 276 Å². The van der Waals surface area contributed by atoms with E-state index in [0.29, 0.717) is 19.4 Å². The smallest absolute Gasteiger partial charge is 0.305 e. The molecule has 0 aromatic carbocycles. The number of allylic oxidation sites excluding steroid dienone is 3. The molecular formula is C64H123NO5. The molecular weight excluding hydrogens is 863 g/mol. The van der Waals surface area contributed by atoms with Gasteiger partial charge in [-0.15, -0.1) is 0 Å². The van der Waals surface area contributed by atoms with E-state index in [4.69, 9.17) is 4.74 Å². The van der Waals surface area contributed by atoms with E-state index in [1.807, 2.05) is 6.08 Å². The minimum absolute atomic E-state index is 0.0000631. The minimum Gasteiger partial charge on any atom is -0.466 e. The van der Waals surface area contributed by atoms with Crippen LogP contribution in [0.1, 0.15) is 348 Å². The molecule has 1 amide bonds. The van der Waals surface area contributed by atoms with Crippen LogP contribution in [0.2, 0.25) is 0 Å². The Morgan fingerprint density at radius 3 is 1.01 bits per heavy atom. The Labute approximate surface area is 437 Å². The number of hydrogen-bond acceptors (Lipinski definition) is 5. The highest BCUT2D eigenvalue weighted by Crippen LogP contribution is 2.18. The van der Waals surface area contributed by atoms with Gasteiger partial charge in [-0.2, -0.15) is 0 Å². The van der Waals surface area contributed by atoms with Crippen molar-refractivity contribution in [2.45, 2.75) is 360 Å². The van der Waals surface area contributed by atoms with Crippen molar-refractivity contribution in [2.24, 2.45) is 0 Å². The Balaban J connectivity index is 3.44. The predicted molar refractivity (Wildman–Crippen MR) is 306 cm³/mol. The summed E-state index contributed by atoms with van der Waals surface area (Å²) in [5, 5.41) is 23.2. The average Bonchev–Trinajstić information content (AvgIpc) is 3.36. The fourth-order valence-electron chi connectivity index (χ4n) is 9.87. The van der Waals surface area contributed by atoms with Crippen LogP contribution in [0.15, 0.2) is 24.3 Å². The zero-order valence-corrected chi connectivity index (χ0v) is 47.3. The largest absolute Gasteiger partial charge is 0.466 e. The number of nitrogens with one attached hydrogen (secondary N) is 1. The van der Waals surface area contributed by atoms with Gasteiger partial charge in [-0.05, 0) is 57.8 Å². The van der Waals surface area contributed by atoms with E-state index in [9.17, 15) is 19.8 Å². The van der Waals surface area contributed by atoms with Crippen LogP contribution in [0.4, 0.5) is 0 Å². The van der Waals surface area contributed by atoms with Crippen LogP contribution in [0, 0.1) is 0 Å². The summed E-state index contributed by atoms with van der Waals surface area (Å²) in [5.41, 5.74) is 0. The summed E-state index contributed by atoms with van der Waals surface area (Å²) in [6.07, 6.45) is 73.5. The normalized spacial score (nSPS) is 12.7. The Morgan fingerprint density at radius 1 is 0.386 bits per heavy atom. The Kier molecular flexibility index (Phi) is 58.5. The Morgan fingerprint density at radius 2 is 0.671 bits per heavy atom. The molecule has 0 aliphatic heterocycles. The lowest BCUT2D eigenvalue weighted by Crippen LogP contribution is -2.45. The molecule has 414 valence electrons. The summed E-state index contributed by atoms with van der Waals surface area (Å²) in [6.45, 7) is 4.91. The van der Waals surface area contributed by atoms with Gasteiger partial charge in [-0.3, -0.25) is 9.59 Å². The fourth-order valence-corrected chi connectivity index (χ4v) is 9.87. The number of amides is 1. The molecule has 6 heteroatoms. The van der Waals surface area contributed by atoms with Crippen molar-refractivity contribution in [1.29, 1.82) is 0 Å². The van der Waals surface area contributed by atoms with Crippen LogP contribution in [-0.2, 0) is 14.3 Å². The van der Waals surface area contributed by atoms with Crippen molar-refractivity contribution >= 4 is 11.9 Å². The molecule has 0 heterocycles. The summed E-state index contributed by atoms with van der Waals surface area (Å²) in [7, 11) is 0. The van der Waals surface area contributed by atoms with Crippen molar-refractivity contribution in [3.05, 3.63) is 24.3 Å². The summed E-state index contributed by atoms with van der Waals surface area (Å²) < 4.78 is 5.49. The van der Waals surface area contributed by atoms with E-state index in [0.717, 1.165) is 44.9 Å². The number of carbonyl (C=O) groups excluding carboxylic acids is 2. The van der Waals surface area contributed by atoms with Gasteiger partial charge in [0.2, 0.25) is 5.91 Å². The number of esters is 1. The number of ether oxygens (including phenoxy) is 1. The number of rotatable bonds is 59. The molecule has 0 aromatic rings. The molecule has 70 heavy (non-hydrogen) atoms. The summed E-state index contributed by atoms with van der Waals surface area (Å²) >= 11 is 0. The van der Waals surface area contributed by atoms with Gasteiger partial charge in [0.1, 0.15) is 0 Å². The third-order valence-electron chi connectivity index (χ3n) is 14.7. The van der Waals surface area contributed by atoms with Crippen LogP contribution < -0.4 is 5.32 Å². The fraction of sp³-hybridized carbons (Fsp3) is 0.906. The van der Waals surface area contributed by atoms with Gasteiger partial charge in [0, 0.05) is 12.8 Å². The zero-order valence-electron chi connectivity index (χ0n) is 47.3. The monoisotopic (exact) mass is 986 g/mol. The first-order chi connectivity index (χ1) is 34.5. The lowest BCUT2D eigenvalue weighted by Gasteiger charge is -2.20.